The smallest absolute Gasteiger partial charge is 0.302 e. The maximum Gasteiger partial charge on any atom is 0.302 e. The van der Waals surface area contributed by atoms with E-state index in [9.17, 15) is 4.79 Å². The third-order valence-electron chi connectivity index (χ3n) is 0.960. The van der Waals surface area contributed by atoms with E-state index >= 15 is 0 Å². The lowest BCUT2D eigenvalue weighted by molar-refractivity contribution is -0.140. The molecule has 0 amide bonds. The molecular weight excluding hydrogens is 239 g/mol. The van der Waals surface area contributed by atoms with Crippen LogP contribution in [0, 0.1) is 0 Å². The van der Waals surface area contributed by atoms with Gasteiger partial charge in [0.25, 0.3) is 0 Å². The standard InChI is InChI=1S/C5H12O.C4H8O2.CH2Cl2/c1-5(2,3)6-4;1-3-6-4(2)5;2-1-3/h1-4H3;3H2,1-2H3;1H2. The Labute approximate surface area is 103 Å². The van der Waals surface area contributed by atoms with Crippen molar-refractivity contribution in [1.29, 1.82) is 0 Å². The molecule has 0 aliphatic carbocycles. The Morgan fingerprint density at radius 1 is 1.27 bits per heavy atom. The molecule has 0 aliphatic rings. The highest BCUT2D eigenvalue weighted by molar-refractivity contribution is 6.40. The van der Waals surface area contributed by atoms with Gasteiger partial charge in [0, 0.05) is 14.0 Å². The van der Waals surface area contributed by atoms with Crippen molar-refractivity contribution in [3.63, 3.8) is 0 Å². The molecule has 0 bridgehead atoms. The molecule has 0 aliphatic heterocycles. The second-order valence-corrected chi connectivity index (χ2v) is 4.15. The van der Waals surface area contributed by atoms with Crippen LogP contribution in [0.3, 0.4) is 0 Å². The number of esters is 1. The van der Waals surface area contributed by atoms with Crippen molar-refractivity contribution >= 4 is 29.2 Å². The van der Waals surface area contributed by atoms with Gasteiger partial charge in [-0.2, -0.15) is 0 Å². The quantitative estimate of drug-likeness (QED) is 0.536. The molecule has 0 saturated heterocycles. The zero-order chi connectivity index (χ0) is 12.9. The van der Waals surface area contributed by atoms with E-state index in [2.05, 4.69) is 4.74 Å². The molecule has 0 N–H and O–H groups in total. The summed E-state index contributed by atoms with van der Waals surface area (Å²) in [6.07, 6.45) is 0. The van der Waals surface area contributed by atoms with Crippen LogP contribution < -0.4 is 0 Å². The summed E-state index contributed by atoms with van der Waals surface area (Å²) < 4.78 is 9.34. The van der Waals surface area contributed by atoms with Crippen LogP contribution in [0.1, 0.15) is 34.6 Å². The summed E-state index contributed by atoms with van der Waals surface area (Å²) in [5.41, 5.74) is 0.0417. The van der Waals surface area contributed by atoms with Gasteiger partial charge in [-0.05, 0) is 27.7 Å². The van der Waals surface area contributed by atoms with E-state index in [1.807, 2.05) is 20.8 Å². The second kappa shape index (κ2) is 14.0. The van der Waals surface area contributed by atoms with Gasteiger partial charge in [0.1, 0.15) is 0 Å². The van der Waals surface area contributed by atoms with Gasteiger partial charge in [-0.25, -0.2) is 0 Å². The monoisotopic (exact) mass is 260 g/mol. The highest BCUT2D eigenvalue weighted by Crippen LogP contribution is 2.02. The molecule has 0 aromatic carbocycles. The first-order chi connectivity index (χ1) is 6.74. The highest BCUT2D eigenvalue weighted by atomic mass is 35.5. The van der Waals surface area contributed by atoms with Gasteiger partial charge in [-0.3, -0.25) is 4.79 Å². The zero-order valence-electron chi connectivity index (χ0n) is 10.4. The average molecular weight is 261 g/mol. The lowest BCUT2D eigenvalue weighted by Gasteiger charge is -2.14. The molecule has 0 rings (SSSR count). The molecule has 0 unspecified atom stereocenters. The fourth-order valence-corrected chi connectivity index (χ4v) is 0.203. The first-order valence-electron chi connectivity index (χ1n) is 4.55. The predicted octanol–water partition coefficient (Wildman–Crippen LogP) is 3.42. The molecule has 0 radical (unpaired) electrons. The number of carbonyl (C=O) groups excluding carboxylic acids is 1. The van der Waals surface area contributed by atoms with Crippen molar-refractivity contribution in [2.75, 3.05) is 19.1 Å². The van der Waals surface area contributed by atoms with E-state index in [0.29, 0.717) is 6.61 Å². The average Bonchev–Trinajstić information content (AvgIpc) is 2.05. The molecule has 3 nitrogen and oxygen atoms in total. The summed E-state index contributed by atoms with van der Waals surface area (Å²) in [4.78, 5) is 9.82. The van der Waals surface area contributed by atoms with E-state index in [1.165, 1.54) is 6.92 Å². The topological polar surface area (TPSA) is 35.5 Å². The van der Waals surface area contributed by atoms with Gasteiger partial charge in [0.05, 0.1) is 17.5 Å². The molecule has 0 spiro atoms. The largest absolute Gasteiger partial charge is 0.466 e. The molecule has 0 heterocycles. The van der Waals surface area contributed by atoms with E-state index in [4.69, 9.17) is 27.9 Å². The highest BCUT2D eigenvalue weighted by Gasteiger charge is 2.03. The van der Waals surface area contributed by atoms with E-state index in [0.717, 1.165) is 0 Å². The summed E-state index contributed by atoms with van der Waals surface area (Å²) in [7, 11) is 1.71. The van der Waals surface area contributed by atoms with Gasteiger partial charge in [0.15, 0.2) is 0 Å². The minimum absolute atomic E-state index is 0.0417. The van der Waals surface area contributed by atoms with E-state index < -0.39 is 0 Å². The normalized spacial score (nSPS) is 9.07. The minimum Gasteiger partial charge on any atom is -0.466 e. The third-order valence-corrected chi connectivity index (χ3v) is 0.960. The van der Waals surface area contributed by atoms with Crippen LogP contribution in [0.25, 0.3) is 0 Å². The van der Waals surface area contributed by atoms with Crippen LogP contribution in [-0.4, -0.2) is 30.6 Å². The maximum atomic E-state index is 9.82. The lowest BCUT2D eigenvalue weighted by Crippen LogP contribution is -2.15. The number of alkyl halides is 2. The first kappa shape index (κ1) is 20.4. The predicted molar refractivity (Wildman–Crippen MR) is 65.6 cm³/mol. The number of rotatable bonds is 1. The molecule has 15 heavy (non-hydrogen) atoms. The van der Waals surface area contributed by atoms with Gasteiger partial charge in [0.2, 0.25) is 0 Å². The molecule has 0 aromatic heterocycles. The molecule has 5 heteroatoms. The Bertz CT molecular complexity index is 133. The minimum atomic E-state index is -0.211. The van der Waals surface area contributed by atoms with Crippen molar-refractivity contribution < 1.29 is 14.3 Å². The van der Waals surface area contributed by atoms with E-state index in [1.54, 1.807) is 14.0 Å². The Hall–Kier alpha value is 0.01000. The lowest BCUT2D eigenvalue weighted by atomic mass is 10.2. The number of hydrogen-bond donors (Lipinski definition) is 0. The number of ether oxygens (including phenoxy) is 2. The van der Waals surface area contributed by atoms with E-state index in [-0.39, 0.29) is 16.9 Å². The van der Waals surface area contributed by atoms with Gasteiger partial charge in [-0.15, -0.1) is 23.2 Å². The molecule has 0 fully saturated rings. The van der Waals surface area contributed by atoms with Gasteiger partial charge >= 0.3 is 5.97 Å². The number of halogens is 2. The summed E-state index contributed by atoms with van der Waals surface area (Å²) in [5.74, 6) is -0.211. The summed E-state index contributed by atoms with van der Waals surface area (Å²) in [5, 5.41) is 0.194. The number of methoxy groups -OCH3 is 1. The Kier molecular flexibility index (Phi) is 19.1. The Balaban J connectivity index is -0.000000153. The van der Waals surface area contributed by atoms with Crippen molar-refractivity contribution in [1.82, 2.24) is 0 Å². The Morgan fingerprint density at radius 3 is 1.53 bits per heavy atom. The zero-order valence-corrected chi connectivity index (χ0v) is 11.9. The van der Waals surface area contributed by atoms with Crippen LogP contribution in [0.2, 0.25) is 0 Å². The SMILES string of the molecule is CCOC(C)=O.COC(C)(C)C.ClCCl. The summed E-state index contributed by atoms with van der Waals surface area (Å²) in [6, 6.07) is 0. The Morgan fingerprint density at radius 2 is 1.53 bits per heavy atom. The first-order valence-corrected chi connectivity index (χ1v) is 5.62. The molecule has 0 aromatic rings. The van der Waals surface area contributed by atoms with Crippen LogP contribution in [0.4, 0.5) is 0 Å². The van der Waals surface area contributed by atoms with Crippen molar-refractivity contribution in [2.45, 2.75) is 40.2 Å². The van der Waals surface area contributed by atoms with Crippen molar-refractivity contribution in [3.05, 3.63) is 0 Å². The molecule has 0 atom stereocenters. The second-order valence-electron chi connectivity index (χ2n) is 3.34. The van der Waals surface area contributed by atoms with Crippen LogP contribution in [0.15, 0.2) is 0 Å². The van der Waals surface area contributed by atoms with Gasteiger partial charge < -0.3 is 9.47 Å². The number of carbonyl (C=O) groups is 1. The van der Waals surface area contributed by atoms with Crippen LogP contribution >= 0.6 is 23.2 Å². The molecule has 0 saturated carbocycles. The molecular formula is C10H22Cl2O3. The fourth-order valence-electron chi connectivity index (χ4n) is 0.203. The third kappa shape index (κ3) is 55.9. The van der Waals surface area contributed by atoms with Crippen LogP contribution in [-0.2, 0) is 14.3 Å². The van der Waals surface area contributed by atoms with Gasteiger partial charge in [-0.1, -0.05) is 0 Å². The summed E-state index contributed by atoms with van der Waals surface area (Å²) >= 11 is 9.53. The maximum absolute atomic E-state index is 9.82. The molecule has 94 valence electrons. The fraction of sp³-hybridized carbons (Fsp3) is 0.900. The number of hydrogen-bond acceptors (Lipinski definition) is 3. The summed E-state index contributed by atoms with van der Waals surface area (Å²) in [6.45, 7) is 9.72. The van der Waals surface area contributed by atoms with Crippen molar-refractivity contribution in [2.24, 2.45) is 0 Å². The van der Waals surface area contributed by atoms with Crippen molar-refractivity contribution in [3.8, 4) is 0 Å². The van der Waals surface area contributed by atoms with Crippen LogP contribution in [0.5, 0.6) is 0 Å².